The maximum atomic E-state index is 12.2. The molecule has 2 aromatic rings. The zero-order chi connectivity index (χ0) is 15.9. The maximum absolute atomic E-state index is 12.2. The van der Waals surface area contributed by atoms with E-state index in [1.54, 1.807) is 6.07 Å². The summed E-state index contributed by atoms with van der Waals surface area (Å²) >= 11 is 0. The topological polar surface area (TPSA) is 84.8 Å². The van der Waals surface area contributed by atoms with E-state index in [1.165, 1.54) is 31.7 Å². The first kappa shape index (κ1) is 14.6. The van der Waals surface area contributed by atoms with Crippen molar-refractivity contribution < 1.29 is 14.7 Å². The predicted molar refractivity (Wildman–Crippen MR) is 83.0 cm³/mol. The van der Waals surface area contributed by atoms with Crippen LogP contribution in [0.1, 0.15) is 47.3 Å². The van der Waals surface area contributed by atoms with Crippen LogP contribution in [-0.4, -0.2) is 21.2 Å². The Bertz CT molecular complexity index is 755. The highest BCUT2D eigenvalue weighted by molar-refractivity contribution is 6.44. The molecule has 0 aromatic carbocycles. The molecule has 0 atom stereocenters. The van der Waals surface area contributed by atoms with Gasteiger partial charge in [0, 0.05) is 11.9 Å². The van der Waals surface area contributed by atoms with E-state index in [1.807, 2.05) is 17.5 Å². The van der Waals surface area contributed by atoms with Gasteiger partial charge in [-0.25, -0.2) is 0 Å². The smallest absolute Gasteiger partial charge is 0.289 e. The highest BCUT2D eigenvalue weighted by atomic mass is 16.3. The van der Waals surface area contributed by atoms with Gasteiger partial charge in [-0.15, -0.1) is 0 Å². The van der Waals surface area contributed by atoms with Crippen molar-refractivity contribution >= 4 is 17.2 Å². The molecule has 0 spiro atoms. The van der Waals surface area contributed by atoms with Gasteiger partial charge in [0.2, 0.25) is 0 Å². The van der Waals surface area contributed by atoms with Crippen molar-refractivity contribution in [1.29, 1.82) is 0 Å². The predicted octanol–water partition coefficient (Wildman–Crippen LogP) is 2.35. The van der Waals surface area contributed by atoms with Crippen LogP contribution >= 0.6 is 0 Å². The lowest BCUT2D eigenvalue weighted by Crippen LogP contribution is -2.23. The van der Waals surface area contributed by atoms with Crippen LogP contribution in [0, 0.1) is 12.8 Å². The van der Waals surface area contributed by atoms with Crippen LogP contribution in [0.25, 0.3) is 5.52 Å². The second-order valence-electron chi connectivity index (χ2n) is 6.11. The van der Waals surface area contributed by atoms with Gasteiger partial charge >= 0.3 is 0 Å². The molecule has 1 aliphatic carbocycles. The van der Waals surface area contributed by atoms with Gasteiger partial charge in [-0.2, -0.15) is 0 Å². The molecule has 116 valence electrons. The van der Waals surface area contributed by atoms with Crippen molar-refractivity contribution in [2.75, 3.05) is 0 Å². The Balaban J connectivity index is 2.19. The number of carbonyl (C=O) groups excluding carboxylic acids is 2. The number of ketones is 1. The molecule has 1 amide bonds. The van der Waals surface area contributed by atoms with Crippen molar-refractivity contribution in [2.45, 2.75) is 39.0 Å². The molecule has 1 saturated carbocycles. The van der Waals surface area contributed by atoms with Crippen LogP contribution in [0.5, 0.6) is 5.75 Å². The van der Waals surface area contributed by atoms with Crippen LogP contribution in [0.2, 0.25) is 0 Å². The maximum Gasteiger partial charge on any atom is 0.289 e. The Hall–Kier alpha value is -2.30. The van der Waals surface area contributed by atoms with Crippen LogP contribution in [0.4, 0.5) is 0 Å². The van der Waals surface area contributed by atoms with Gasteiger partial charge in [0.05, 0.1) is 11.1 Å². The molecule has 1 fully saturated rings. The Labute approximate surface area is 128 Å². The van der Waals surface area contributed by atoms with Crippen LogP contribution in [-0.2, 0) is 11.2 Å². The number of rotatable bonds is 4. The summed E-state index contributed by atoms with van der Waals surface area (Å²) in [7, 11) is 0. The normalized spacial score (nSPS) is 15.5. The average Bonchev–Trinajstić information content (AvgIpc) is 3.08. The minimum atomic E-state index is -0.994. The Morgan fingerprint density at radius 3 is 2.68 bits per heavy atom. The lowest BCUT2D eigenvalue weighted by Gasteiger charge is -2.10. The summed E-state index contributed by atoms with van der Waals surface area (Å²) in [6.07, 6.45) is 7.53. The van der Waals surface area contributed by atoms with Gasteiger partial charge in [0.25, 0.3) is 11.7 Å². The summed E-state index contributed by atoms with van der Waals surface area (Å²) in [6, 6.07) is 3.25. The molecule has 0 saturated heterocycles. The van der Waals surface area contributed by atoms with Gasteiger partial charge in [-0.3, -0.25) is 9.59 Å². The number of hydrogen-bond acceptors (Lipinski definition) is 3. The molecule has 0 unspecified atom stereocenters. The number of Topliss-reactive ketones (excluding diaryl/α,β-unsaturated/α-hetero) is 1. The van der Waals surface area contributed by atoms with Crippen molar-refractivity contribution in [3.8, 4) is 5.75 Å². The molecular weight excluding hydrogens is 280 g/mol. The fourth-order valence-corrected chi connectivity index (χ4v) is 3.61. The van der Waals surface area contributed by atoms with E-state index >= 15 is 0 Å². The molecule has 0 bridgehead atoms. The molecule has 22 heavy (non-hydrogen) atoms. The van der Waals surface area contributed by atoms with Crippen molar-refractivity contribution in [3.63, 3.8) is 0 Å². The molecule has 0 radical (unpaired) electrons. The summed E-state index contributed by atoms with van der Waals surface area (Å²) in [5.41, 5.74) is 7.53. The standard InChI is InChI=1S/C17H20N2O3/c1-10-12(9-11-5-2-3-6-11)19-8-4-7-13(20)15(19)14(10)16(21)17(18)22/h4,7-8,11,20H,2-3,5-6,9H2,1H3,(H2,18,22). The zero-order valence-corrected chi connectivity index (χ0v) is 12.6. The van der Waals surface area contributed by atoms with Crippen LogP contribution in [0.3, 0.4) is 0 Å². The lowest BCUT2D eigenvalue weighted by atomic mass is 9.98. The van der Waals surface area contributed by atoms with Crippen LogP contribution in [0.15, 0.2) is 18.3 Å². The first-order valence-corrected chi connectivity index (χ1v) is 7.66. The van der Waals surface area contributed by atoms with Gasteiger partial charge < -0.3 is 15.2 Å². The number of aromatic hydroxyl groups is 1. The van der Waals surface area contributed by atoms with E-state index < -0.39 is 11.7 Å². The summed E-state index contributed by atoms with van der Waals surface area (Å²) in [6.45, 7) is 1.83. The van der Waals surface area contributed by atoms with Gasteiger partial charge in [0.15, 0.2) is 0 Å². The van der Waals surface area contributed by atoms with E-state index in [-0.39, 0.29) is 11.3 Å². The van der Waals surface area contributed by atoms with Gasteiger partial charge in [-0.05, 0) is 37.0 Å². The molecule has 2 aromatic heterocycles. The molecule has 2 heterocycles. The summed E-state index contributed by atoms with van der Waals surface area (Å²) in [4.78, 5) is 23.5. The first-order chi connectivity index (χ1) is 10.5. The number of primary amides is 1. The number of pyridine rings is 1. The van der Waals surface area contributed by atoms with Crippen LogP contribution < -0.4 is 5.73 Å². The Morgan fingerprint density at radius 1 is 1.36 bits per heavy atom. The van der Waals surface area contributed by atoms with Crippen molar-refractivity contribution in [2.24, 2.45) is 11.7 Å². The number of amides is 1. The minimum absolute atomic E-state index is 0.00660. The quantitative estimate of drug-likeness (QED) is 0.671. The summed E-state index contributed by atoms with van der Waals surface area (Å²) in [5, 5.41) is 10.2. The highest BCUT2D eigenvalue weighted by Crippen LogP contribution is 2.34. The van der Waals surface area contributed by atoms with E-state index in [2.05, 4.69) is 0 Å². The molecular formula is C17H20N2O3. The number of fused-ring (bicyclic) bond motifs is 1. The van der Waals surface area contributed by atoms with Crippen molar-refractivity contribution in [1.82, 2.24) is 4.40 Å². The number of carbonyl (C=O) groups is 2. The molecule has 3 N–H and O–H groups in total. The fourth-order valence-electron chi connectivity index (χ4n) is 3.61. The third-order valence-electron chi connectivity index (χ3n) is 4.72. The number of nitrogens with two attached hydrogens (primary N) is 1. The Kier molecular flexibility index (Phi) is 3.64. The average molecular weight is 300 g/mol. The number of nitrogens with zero attached hydrogens (tertiary/aromatic N) is 1. The summed E-state index contributed by atoms with van der Waals surface area (Å²) in [5.74, 6) is -1.15. The number of aromatic nitrogens is 1. The van der Waals surface area contributed by atoms with Gasteiger partial charge in [-0.1, -0.05) is 25.7 Å². The third kappa shape index (κ3) is 2.26. The van der Waals surface area contributed by atoms with E-state index in [0.717, 1.165) is 17.7 Å². The fraction of sp³-hybridized carbons (Fsp3) is 0.412. The third-order valence-corrected chi connectivity index (χ3v) is 4.72. The van der Waals surface area contributed by atoms with Crippen molar-refractivity contribution in [3.05, 3.63) is 35.2 Å². The molecule has 3 rings (SSSR count). The SMILES string of the molecule is Cc1c(C(=O)C(N)=O)c2c(O)cccn2c1CC1CCCC1. The molecule has 1 aliphatic rings. The first-order valence-electron chi connectivity index (χ1n) is 7.66. The second-order valence-corrected chi connectivity index (χ2v) is 6.11. The van der Waals surface area contributed by atoms with E-state index in [9.17, 15) is 14.7 Å². The molecule has 5 heteroatoms. The van der Waals surface area contributed by atoms with Gasteiger partial charge in [0.1, 0.15) is 5.75 Å². The Morgan fingerprint density at radius 2 is 2.05 bits per heavy atom. The second kappa shape index (κ2) is 5.48. The highest BCUT2D eigenvalue weighted by Gasteiger charge is 2.27. The van der Waals surface area contributed by atoms with E-state index in [0.29, 0.717) is 11.4 Å². The lowest BCUT2D eigenvalue weighted by molar-refractivity contribution is -0.114. The zero-order valence-electron chi connectivity index (χ0n) is 12.6. The largest absolute Gasteiger partial charge is 0.506 e. The summed E-state index contributed by atoms with van der Waals surface area (Å²) < 4.78 is 1.83. The van der Waals surface area contributed by atoms with E-state index in [4.69, 9.17) is 5.73 Å². The molecule has 5 nitrogen and oxygen atoms in total. The molecule has 0 aliphatic heterocycles. The monoisotopic (exact) mass is 300 g/mol. The number of hydrogen-bond donors (Lipinski definition) is 2. The minimum Gasteiger partial charge on any atom is -0.506 e.